The van der Waals surface area contributed by atoms with E-state index in [1.807, 2.05) is 13.8 Å². The summed E-state index contributed by atoms with van der Waals surface area (Å²) in [6.07, 6.45) is 1.65. The monoisotopic (exact) mass is 265 g/mol. The summed E-state index contributed by atoms with van der Waals surface area (Å²) in [5.41, 5.74) is 3.32. The molecule has 17 heavy (non-hydrogen) atoms. The molecule has 0 bridgehead atoms. The largest absolute Gasteiger partial charge is 0.347 e. The minimum Gasteiger partial charge on any atom is -0.347 e. The van der Waals surface area contributed by atoms with Gasteiger partial charge in [0, 0.05) is 22.3 Å². The number of aromatic amines is 1. The number of nitrogens with zero attached hydrogens (tertiary/aromatic N) is 2. The third-order valence-corrected chi connectivity index (χ3v) is 3.92. The Kier molecular flexibility index (Phi) is 3.69. The molecule has 90 valence electrons. The lowest BCUT2D eigenvalue weighted by atomic mass is 10.2. The van der Waals surface area contributed by atoms with Crippen LogP contribution in [0.5, 0.6) is 0 Å². The van der Waals surface area contributed by atoms with Gasteiger partial charge in [0.25, 0.3) is 0 Å². The van der Waals surface area contributed by atoms with Gasteiger partial charge in [-0.3, -0.25) is 0 Å². The first-order valence-corrected chi connectivity index (χ1v) is 6.88. The lowest BCUT2D eigenvalue weighted by molar-refractivity contribution is 0.888. The molecule has 0 spiro atoms. The van der Waals surface area contributed by atoms with Crippen molar-refractivity contribution in [1.29, 1.82) is 0 Å². The van der Waals surface area contributed by atoms with Gasteiger partial charge in [0.1, 0.15) is 15.5 Å². The molecule has 0 saturated carbocycles. The van der Waals surface area contributed by atoms with Crippen molar-refractivity contribution in [1.82, 2.24) is 15.0 Å². The highest BCUT2D eigenvalue weighted by molar-refractivity contribution is 7.71. The molecule has 2 aromatic heterocycles. The summed E-state index contributed by atoms with van der Waals surface area (Å²) < 4.78 is 0.715. The van der Waals surface area contributed by atoms with E-state index in [0.29, 0.717) is 4.64 Å². The van der Waals surface area contributed by atoms with Gasteiger partial charge in [0.2, 0.25) is 0 Å². The van der Waals surface area contributed by atoms with Crippen molar-refractivity contribution in [3.05, 3.63) is 37.8 Å². The van der Waals surface area contributed by atoms with Crippen LogP contribution >= 0.6 is 23.6 Å². The summed E-state index contributed by atoms with van der Waals surface area (Å²) in [6.45, 7) is 6.14. The first-order valence-electron chi connectivity index (χ1n) is 5.59. The first kappa shape index (κ1) is 12.4. The van der Waals surface area contributed by atoms with Gasteiger partial charge >= 0.3 is 0 Å². The van der Waals surface area contributed by atoms with E-state index < -0.39 is 0 Å². The number of H-pyrrole nitrogens is 1. The zero-order chi connectivity index (χ0) is 12.4. The van der Waals surface area contributed by atoms with Crippen LogP contribution in [-0.2, 0) is 12.8 Å². The molecule has 2 heterocycles. The molecule has 0 fully saturated rings. The van der Waals surface area contributed by atoms with Crippen LogP contribution in [0.1, 0.15) is 34.7 Å². The maximum atomic E-state index is 5.30. The molecule has 0 amide bonds. The fourth-order valence-electron chi connectivity index (χ4n) is 1.80. The molecule has 5 heteroatoms. The molecule has 1 N–H and O–H groups in total. The van der Waals surface area contributed by atoms with E-state index in [1.54, 1.807) is 11.3 Å². The first-order chi connectivity index (χ1) is 8.10. The minimum absolute atomic E-state index is 0.715. The van der Waals surface area contributed by atoms with Crippen LogP contribution < -0.4 is 0 Å². The lowest BCUT2D eigenvalue weighted by Crippen LogP contribution is -2.03. The summed E-state index contributed by atoms with van der Waals surface area (Å²) in [5.74, 6) is 0.902. The summed E-state index contributed by atoms with van der Waals surface area (Å²) >= 11 is 6.96. The third kappa shape index (κ3) is 2.79. The third-order valence-electron chi connectivity index (χ3n) is 2.62. The zero-order valence-electron chi connectivity index (χ0n) is 10.2. The summed E-state index contributed by atoms with van der Waals surface area (Å²) in [4.78, 5) is 12.2. The van der Waals surface area contributed by atoms with Crippen LogP contribution in [0.15, 0.2) is 5.38 Å². The number of hydrogen-bond donors (Lipinski definition) is 1. The molecule has 0 aromatic carbocycles. The van der Waals surface area contributed by atoms with Crippen LogP contribution in [0.2, 0.25) is 0 Å². The average molecular weight is 265 g/mol. The van der Waals surface area contributed by atoms with Crippen molar-refractivity contribution in [2.75, 3.05) is 0 Å². The van der Waals surface area contributed by atoms with Crippen molar-refractivity contribution in [3.63, 3.8) is 0 Å². The number of aromatic nitrogens is 3. The molecule has 0 aliphatic heterocycles. The Hall–Kier alpha value is -1.07. The van der Waals surface area contributed by atoms with Crippen molar-refractivity contribution >= 4 is 23.6 Å². The molecule has 0 saturated heterocycles. The highest BCUT2D eigenvalue weighted by Gasteiger charge is 2.06. The Bertz CT molecular complexity index is 584. The van der Waals surface area contributed by atoms with Crippen LogP contribution in [0, 0.1) is 18.5 Å². The van der Waals surface area contributed by atoms with Gasteiger partial charge in [0.15, 0.2) is 0 Å². The summed E-state index contributed by atoms with van der Waals surface area (Å²) in [5, 5.41) is 3.13. The van der Waals surface area contributed by atoms with E-state index in [4.69, 9.17) is 12.2 Å². The van der Waals surface area contributed by atoms with Gasteiger partial charge < -0.3 is 4.98 Å². The Morgan fingerprint density at radius 1 is 1.35 bits per heavy atom. The second kappa shape index (κ2) is 5.06. The maximum Gasteiger partial charge on any atom is 0.133 e. The van der Waals surface area contributed by atoms with Crippen molar-refractivity contribution < 1.29 is 0 Å². The number of nitrogens with one attached hydrogen (secondary N) is 1. The van der Waals surface area contributed by atoms with E-state index in [9.17, 15) is 0 Å². The van der Waals surface area contributed by atoms with Gasteiger partial charge in [-0.05, 0) is 20.3 Å². The molecule has 2 rings (SSSR count). The molecule has 0 atom stereocenters. The molecule has 3 nitrogen and oxygen atoms in total. The summed E-state index contributed by atoms with van der Waals surface area (Å²) in [6, 6.07) is 0. The molecular formula is C12H15N3S2. The second-order valence-electron chi connectivity index (χ2n) is 4.01. The number of rotatable bonds is 3. The predicted molar refractivity (Wildman–Crippen MR) is 73.2 cm³/mol. The normalized spacial score (nSPS) is 10.8. The average Bonchev–Trinajstić information content (AvgIpc) is 2.63. The van der Waals surface area contributed by atoms with Crippen LogP contribution in [-0.4, -0.2) is 15.0 Å². The van der Waals surface area contributed by atoms with Gasteiger partial charge in [-0.15, -0.1) is 11.3 Å². The Morgan fingerprint density at radius 2 is 2.12 bits per heavy atom. The van der Waals surface area contributed by atoms with E-state index in [2.05, 4.69) is 27.3 Å². The standard InChI is InChI=1S/C12H15N3S2/c1-4-9-8(3)14-10(15-12(9)16)5-11-13-7(2)6-17-11/h6H,4-5H2,1-3H3,(H,14,15,16). The number of aryl methyl sites for hydroxylation is 2. The molecule has 0 aliphatic rings. The van der Waals surface area contributed by atoms with E-state index in [-0.39, 0.29) is 0 Å². The number of thiazole rings is 1. The summed E-state index contributed by atoms with van der Waals surface area (Å²) in [7, 11) is 0. The predicted octanol–water partition coefficient (Wildman–Crippen LogP) is 3.37. The topological polar surface area (TPSA) is 41.6 Å². The lowest BCUT2D eigenvalue weighted by Gasteiger charge is -2.06. The highest BCUT2D eigenvalue weighted by Crippen LogP contribution is 2.14. The smallest absolute Gasteiger partial charge is 0.133 e. The molecular weight excluding hydrogens is 250 g/mol. The second-order valence-corrected chi connectivity index (χ2v) is 5.33. The van der Waals surface area contributed by atoms with Crippen LogP contribution in [0.4, 0.5) is 0 Å². The van der Waals surface area contributed by atoms with Crippen molar-refractivity contribution in [2.45, 2.75) is 33.6 Å². The van der Waals surface area contributed by atoms with Crippen molar-refractivity contribution in [3.8, 4) is 0 Å². The van der Waals surface area contributed by atoms with Crippen LogP contribution in [0.25, 0.3) is 0 Å². The van der Waals surface area contributed by atoms with E-state index >= 15 is 0 Å². The Morgan fingerprint density at radius 3 is 2.65 bits per heavy atom. The fourth-order valence-corrected chi connectivity index (χ4v) is 2.98. The van der Waals surface area contributed by atoms with Crippen molar-refractivity contribution in [2.24, 2.45) is 0 Å². The molecule has 0 aliphatic carbocycles. The molecule has 0 unspecified atom stereocenters. The fraction of sp³-hybridized carbons (Fsp3) is 0.417. The quantitative estimate of drug-likeness (QED) is 0.865. The van der Waals surface area contributed by atoms with Gasteiger partial charge in [0.05, 0.1) is 6.42 Å². The molecule has 0 radical (unpaired) electrons. The van der Waals surface area contributed by atoms with Gasteiger partial charge in [-0.2, -0.15) is 0 Å². The SMILES string of the molecule is CCc1c(C)[nH]c(Cc2nc(C)cs2)nc1=S. The maximum absolute atomic E-state index is 5.30. The van der Waals surface area contributed by atoms with E-state index in [0.717, 1.165) is 40.6 Å². The Labute approximate surface area is 110 Å². The Balaban J connectivity index is 2.32. The molecule has 2 aromatic rings. The zero-order valence-corrected chi connectivity index (χ0v) is 11.8. The highest BCUT2D eigenvalue weighted by atomic mass is 32.1. The van der Waals surface area contributed by atoms with Crippen LogP contribution in [0.3, 0.4) is 0 Å². The van der Waals surface area contributed by atoms with Gasteiger partial charge in [-0.1, -0.05) is 19.1 Å². The van der Waals surface area contributed by atoms with Gasteiger partial charge in [-0.25, -0.2) is 9.97 Å². The number of hydrogen-bond acceptors (Lipinski definition) is 4. The van der Waals surface area contributed by atoms with E-state index in [1.165, 1.54) is 0 Å². The minimum atomic E-state index is 0.715.